The number of amidine groups is 1. The molecule has 0 aliphatic heterocycles. The minimum atomic E-state index is 0.0370. The molecule has 1 unspecified atom stereocenters. The van der Waals surface area contributed by atoms with E-state index >= 15 is 0 Å². The van der Waals surface area contributed by atoms with Crippen molar-refractivity contribution in [3.8, 4) is 0 Å². The van der Waals surface area contributed by atoms with E-state index in [2.05, 4.69) is 23.9 Å². The third-order valence-corrected chi connectivity index (χ3v) is 2.15. The van der Waals surface area contributed by atoms with Crippen molar-refractivity contribution in [3.63, 3.8) is 0 Å². The van der Waals surface area contributed by atoms with Gasteiger partial charge in [-0.15, -0.1) is 0 Å². The van der Waals surface area contributed by atoms with Crippen molar-refractivity contribution in [3.05, 3.63) is 0 Å². The maximum Gasteiger partial charge on any atom is 0.156 e. The Balaban J connectivity index is 4.34. The number of nitrogens with zero attached hydrogens (tertiary/aromatic N) is 2. The van der Waals surface area contributed by atoms with Gasteiger partial charge in [0, 0.05) is 6.04 Å². The first-order valence-corrected chi connectivity index (χ1v) is 4.23. The monoisotopic (exact) mass is 173 g/mol. The van der Waals surface area contributed by atoms with E-state index in [-0.39, 0.29) is 11.9 Å². The molecule has 0 saturated carbocycles. The summed E-state index contributed by atoms with van der Waals surface area (Å²) in [6.07, 6.45) is 0.852. The number of likely N-dealkylation sites (N-methyl/N-ethyl adjacent to an activating group) is 1. The second-order valence-electron chi connectivity index (χ2n) is 3.21. The van der Waals surface area contributed by atoms with Gasteiger partial charge >= 0.3 is 0 Å². The van der Waals surface area contributed by atoms with Crippen LogP contribution in [-0.4, -0.2) is 35.1 Å². The summed E-state index contributed by atoms with van der Waals surface area (Å²) in [7, 11) is 1.97. The van der Waals surface area contributed by atoms with Crippen LogP contribution in [0.4, 0.5) is 0 Å². The predicted molar refractivity (Wildman–Crippen MR) is 50.4 cm³/mol. The third kappa shape index (κ3) is 2.70. The van der Waals surface area contributed by atoms with Crippen LogP contribution in [0.2, 0.25) is 0 Å². The molecule has 0 aromatic carbocycles. The Hall–Kier alpha value is -0.770. The molecule has 0 radical (unpaired) electrons. The van der Waals surface area contributed by atoms with Gasteiger partial charge in [-0.05, 0) is 27.3 Å². The average Bonchev–Trinajstić information content (AvgIpc) is 2.05. The Bertz CT molecular complexity index is 156. The van der Waals surface area contributed by atoms with E-state index in [1.54, 1.807) is 0 Å². The van der Waals surface area contributed by atoms with Gasteiger partial charge in [-0.1, -0.05) is 12.1 Å². The summed E-state index contributed by atoms with van der Waals surface area (Å²) in [5, 5.41) is 11.5. The summed E-state index contributed by atoms with van der Waals surface area (Å²) in [6.45, 7) is 6.17. The number of hydrogen-bond donors (Lipinski definition) is 2. The molecule has 4 nitrogen and oxygen atoms in total. The van der Waals surface area contributed by atoms with Gasteiger partial charge in [-0.2, -0.15) is 0 Å². The summed E-state index contributed by atoms with van der Waals surface area (Å²) in [5.74, 6) is 0.286. The SMILES string of the molecule is CCC(C(N)=NO)N(C)C(C)C. The molecule has 72 valence electrons. The molecule has 4 heteroatoms. The Morgan fingerprint density at radius 3 is 2.33 bits per heavy atom. The normalized spacial score (nSPS) is 15.7. The highest BCUT2D eigenvalue weighted by atomic mass is 16.4. The molecule has 0 aromatic heterocycles. The molecule has 0 aromatic rings. The van der Waals surface area contributed by atoms with Crippen LogP contribution in [0.5, 0.6) is 0 Å². The molecular formula is C8H19N3O. The minimum Gasteiger partial charge on any atom is -0.409 e. The fraction of sp³-hybridized carbons (Fsp3) is 0.875. The second kappa shape index (κ2) is 4.98. The average molecular weight is 173 g/mol. The van der Waals surface area contributed by atoms with E-state index in [4.69, 9.17) is 10.9 Å². The van der Waals surface area contributed by atoms with Gasteiger partial charge in [-0.25, -0.2) is 0 Å². The van der Waals surface area contributed by atoms with Crippen molar-refractivity contribution in [2.75, 3.05) is 7.05 Å². The van der Waals surface area contributed by atoms with Crippen LogP contribution in [0.15, 0.2) is 5.16 Å². The zero-order valence-electron chi connectivity index (χ0n) is 8.28. The van der Waals surface area contributed by atoms with E-state index in [0.717, 1.165) is 6.42 Å². The predicted octanol–water partition coefficient (Wildman–Crippen LogP) is 0.852. The first-order chi connectivity index (χ1) is 5.54. The topological polar surface area (TPSA) is 61.9 Å². The van der Waals surface area contributed by atoms with Crippen LogP contribution in [0.3, 0.4) is 0 Å². The highest BCUT2D eigenvalue weighted by Gasteiger charge is 2.19. The zero-order chi connectivity index (χ0) is 9.72. The molecule has 0 heterocycles. The van der Waals surface area contributed by atoms with Crippen LogP contribution in [0.1, 0.15) is 27.2 Å². The van der Waals surface area contributed by atoms with Gasteiger partial charge in [0.25, 0.3) is 0 Å². The van der Waals surface area contributed by atoms with Gasteiger partial charge in [0.05, 0.1) is 6.04 Å². The van der Waals surface area contributed by atoms with Crippen molar-refractivity contribution in [1.29, 1.82) is 0 Å². The van der Waals surface area contributed by atoms with Crippen molar-refractivity contribution < 1.29 is 5.21 Å². The molecular weight excluding hydrogens is 154 g/mol. The first-order valence-electron chi connectivity index (χ1n) is 4.23. The van der Waals surface area contributed by atoms with Gasteiger partial charge in [-0.3, -0.25) is 4.90 Å². The quantitative estimate of drug-likeness (QED) is 0.287. The smallest absolute Gasteiger partial charge is 0.156 e. The molecule has 0 aliphatic rings. The maximum absolute atomic E-state index is 8.50. The van der Waals surface area contributed by atoms with Crippen molar-refractivity contribution in [2.45, 2.75) is 39.3 Å². The minimum absolute atomic E-state index is 0.0370. The van der Waals surface area contributed by atoms with Gasteiger partial charge in [0.2, 0.25) is 0 Å². The molecule has 0 rings (SSSR count). The molecule has 0 fully saturated rings. The van der Waals surface area contributed by atoms with E-state index in [1.807, 2.05) is 14.0 Å². The molecule has 12 heavy (non-hydrogen) atoms. The second-order valence-corrected chi connectivity index (χ2v) is 3.21. The summed E-state index contributed by atoms with van der Waals surface area (Å²) >= 11 is 0. The van der Waals surface area contributed by atoms with Crippen molar-refractivity contribution in [1.82, 2.24) is 4.90 Å². The lowest BCUT2D eigenvalue weighted by Gasteiger charge is -2.29. The van der Waals surface area contributed by atoms with Crippen LogP contribution in [0, 0.1) is 0 Å². The maximum atomic E-state index is 8.50. The van der Waals surface area contributed by atoms with Gasteiger partial charge < -0.3 is 10.9 Å². The number of nitrogens with two attached hydrogens (primary N) is 1. The van der Waals surface area contributed by atoms with E-state index in [9.17, 15) is 0 Å². The number of oxime groups is 1. The summed E-state index contributed by atoms with van der Waals surface area (Å²) < 4.78 is 0. The Morgan fingerprint density at radius 1 is 1.58 bits per heavy atom. The lowest BCUT2D eigenvalue weighted by atomic mass is 10.1. The Morgan fingerprint density at radius 2 is 2.08 bits per heavy atom. The lowest BCUT2D eigenvalue weighted by molar-refractivity contribution is 0.227. The Labute approximate surface area is 74.0 Å². The fourth-order valence-corrected chi connectivity index (χ4v) is 1.13. The molecule has 0 aliphatic carbocycles. The summed E-state index contributed by atoms with van der Waals surface area (Å²) in [6, 6.07) is 0.435. The third-order valence-electron chi connectivity index (χ3n) is 2.15. The lowest BCUT2D eigenvalue weighted by Crippen LogP contribution is -2.45. The van der Waals surface area contributed by atoms with Crippen LogP contribution < -0.4 is 5.73 Å². The molecule has 0 bridgehead atoms. The molecule has 0 saturated heterocycles. The first kappa shape index (κ1) is 11.2. The largest absolute Gasteiger partial charge is 0.409 e. The Kier molecular flexibility index (Phi) is 4.66. The summed E-state index contributed by atoms with van der Waals surface area (Å²) in [4.78, 5) is 2.08. The molecule has 0 amide bonds. The fourth-order valence-electron chi connectivity index (χ4n) is 1.13. The zero-order valence-corrected chi connectivity index (χ0v) is 8.28. The van der Waals surface area contributed by atoms with E-state index in [0.29, 0.717) is 6.04 Å². The number of rotatable bonds is 4. The molecule has 1 atom stereocenters. The van der Waals surface area contributed by atoms with Crippen molar-refractivity contribution >= 4 is 5.84 Å². The van der Waals surface area contributed by atoms with Gasteiger partial charge in [0.1, 0.15) is 0 Å². The van der Waals surface area contributed by atoms with Crippen LogP contribution in [-0.2, 0) is 0 Å². The number of hydrogen-bond acceptors (Lipinski definition) is 3. The standard InChI is InChI=1S/C8H19N3O/c1-5-7(8(9)10-12)11(4)6(2)3/h6-7,12H,5H2,1-4H3,(H2,9,10). The van der Waals surface area contributed by atoms with E-state index < -0.39 is 0 Å². The molecule has 3 N–H and O–H groups in total. The molecule has 0 spiro atoms. The van der Waals surface area contributed by atoms with Crippen LogP contribution in [0.25, 0.3) is 0 Å². The van der Waals surface area contributed by atoms with Crippen molar-refractivity contribution in [2.24, 2.45) is 10.9 Å². The van der Waals surface area contributed by atoms with E-state index in [1.165, 1.54) is 0 Å². The summed E-state index contributed by atoms with van der Waals surface area (Å²) in [5.41, 5.74) is 5.52. The highest BCUT2D eigenvalue weighted by Crippen LogP contribution is 2.05. The highest BCUT2D eigenvalue weighted by molar-refractivity contribution is 5.85. The van der Waals surface area contributed by atoms with Gasteiger partial charge in [0.15, 0.2) is 5.84 Å². The van der Waals surface area contributed by atoms with Crippen LogP contribution >= 0.6 is 0 Å².